The first-order valence-electron chi connectivity index (χ1n) is 4.93. The first-order valence-corrected chi connectivity index (χ1v) is 5.30. The van der Waals surface area contributed by atoms with Gasteiger partial charge in [-0.05, 0) is 30.7 Å². The van der Waals surface area contributed by atoms with Crippen molar-refractivity contribution in [2.45, 2.75) is 6.92 Å². The Kier molecular flexibility index (Phi) is 8.13. The number of hydrogen-bond acceptors (Lipinski definition) is 4. The third-order valence-electron chi connectivity index (χ3n) is 1.62. The maximum atomic E-state index is 10.2. The fraction of sp³-hybridized carbons (Fsp3) is 0.364. The van der Waals surface area contributed by atoms with Crippen LogP contribution in [0.15, 0.2) is 18.2 Å². The summed E-state index contributed by atoms with van der Waals surface area (Å²) in [6.07, 6.45) is 0. The van der Waals surface area contributed by atoms with Gasteiger partial charge in [0.1, 0.15) is 5.75 Å². The van der Waals surface area contributed by atoms with Gasteiger partial charge in [0.2, 0.25) is 0 Å². The lowest BCUT2D eigenvalue weighted by Crippen LogP contribution is -2.09. The minimum absolute atomic E-state index is 0.0972. The number of nitrogens with two attached hydrogens (primary N) is 1. The smallest absolute Gasteiger partial charge is 0.341 e. The van der Waals surface area contributed by atoms with E-state index in [1.807, 2.05) is 6.92 Å². The van der Waals surface area contributed by atoms with Crippen molar-refractivity contribution in [1.82, 2.24) is 0 Å². The zero-order chi connectivity index (χ0) is 13.3. The van der Waals surface area contributed by atoms with E-state index in [4.69, 9.17) is 32.3 Å². The number of carbonyl (C=O) groups is 1. The van der Waals surface area contributed by atoms with Crippen LogP contribution in [0.4, 0.5) is 0 Å². The molecule has 0 fully saturated rings. The highest BCUT2D eigenvalue weighted by Crippen LogP contribution is 2.21. The molecule has 0 aliphatic rings. The summed E-state index contributed by atoms with van der Waals surface area (Å²) in [6.45, 7) is 1.95. The van der Waals surface area contributed by atoms with Gasteiger partial charge in [0.05, 0.1) is 6.61 Å². The molecule has 1 aromatic rings. The Hall–Kier alpha value is -1.30. The van der Waals surface area contributed by atoms with Crippen molar-refractivity contribution < 1.29 is 19.7 Å². The van der Waals surface area contributed by atoms with Gasteiger partial charge in [0.25, 0.3) is 0 Å². The van der Waals surface area contributed by atoms with E-state index in [9.17, 15) is 4.79 Å². The molecule has 1 rings (SSSR count). The van der Waals surface area contributed by atoms with Crippen molar-refractivity contribution in [3.63, 3.8) is 0 Å². The zero-order valence-corrected chi connectivity index (χ0v) is 10.3. The standard InChI is InChI=1S/C9H9ClO3.C2H7NO/c1-6-4-7(10)2-3-8(6)13-5-9(11)12;3-1-2-4/h2-4H,5H2,1H3,(H,11,12);4H,1-3H2. The zero-order valence-electron chi connectivity index (χ0n) is 9.52. The highest BCUT2D eigenvalue weighted by Gasteiger charge is 2.02. The molecular formula is C11H16ClNO4. The topological polar surface area (TPSA) is 92.8 Å². The van der Waals surface area contributed by atoms with Crippen LogP contribution in [0.1, 0.15) is 5.56 Å². The summed E-state index contributed by atoms with van der Waals surface area (Å²) in [5.41, 5.74) is 5.61. The lowest BCUT2D eigenvalue weighted by molar-refractivity contribution is -0.139. The molecule has 0 amide bonds. The molecule has 0 radical (unpaired) electrons. The maximum Gasteiger partial charge on any atom is 0.341 e. The van der Waals surface area contributed by atoms with E-state index < -0.39 is 5.97 Å². The van der Waals surface area contributed by atoms with Gasteiger partial charge in [-0.3, -0.25) is 0 Å². The van der Waals surface area contributed by atoms with Gasteiger partial charge >= 0.3 is 5.97 Å². The van der Waals surface area contributed by atoms with Crippen molar-refractivity contribution in [3.8, 4) is 5.75 Å². The predicted octanol–water partition coefficient (Wildman–Crippen LogP) is 1.05. The van der Waals surface area contributed by atoms with Crippen LogP contribution in [0.5, 0.6) is 5.75 Å². The monoisotopic (exact) mass is 261 g/mol. The lowest BCUT2D eigenvalue weighted by Gasteiger charge is -2.06. The number of carboxylic acids is 1. The van der Waals surface area contributed by atoms with Gasteiger partial charge in [-0.2, -0.15) is 0 Å². The lowest BCUT2D eigenvalue weighted by atomic mass is 10.2. The van der Waals surface area contributed by atoms with Crippen LogP contribution in [0.3, 0.4) is 0 Å². The fourth-order valence-corrected chi connectivity index (χ4v) is 1.14. The summed E-state index contributed by atoms with van der Waals surface area (Å²) >= 11 is 5.71. The summed E-state index contributed by atoms with van der Waals surface area (Å²) in [4.78, 5) is 10.2. The molecule has 0 aliphatic heterocycles. The first kappa shape index (κ1) is 15.7. The minimum atomic E-state index is -0.991. The van der Waals surface area contributed by atoms with Gasteiger partial charge in [0.15, 0.2) is 6.61 Å². The largest absolute Gasteiger partial charge is 0.482 e. The number of hydrogen-bond donors (Lipinski definition) is 3. The molecule has 1 aromatic carbocycles. The van der Waals surface area contributed by atoms with Gasteiger partial charge in [0, 0.05) is 11.6 Å². The molecule has 0 saturated carbocycles. The highest BCUT2D eigenvalue weighted by atomic mass is 35.5. The van der Waals surface area contributed by atoms with Crippen molar-refractivity contribution in [2.24, 2.45) is 5.73 Å². The molecule has 0 atom stereocenters. The number of carboxylic acid groups (broad SMARTS) is 1. The molecule has 6 heteroatoms. The van der Waals surface area contributed by atoms with Crippen LogP contribution < -0.4 is 10.5 Å². The van der Waals surface area contributed by atoms with Crippen molar-refractivity contribution >= 4 is 17.6 Å². The van der Waals surface area contributed by atoms with Crippen molar-refractivity contribution in [2.75, 3.05) is 19.8 Å². The third kappa shape index (κ3) is 7.57. The number of rotatable bonds is 4. The number of aliphatic hydroxyl groups is 1. The second kappa shape index (κ2) is 8.81. The average molecular weight is 262 g/mol. The summed E-state index contributed by atoms with van der Waals surface area (Å²) < 4.78 is 5.00. The SMILES string of the molecule is Cc1cc(Cl)ccc1OCC(=O)O.NCCO. The molecular weight excluding hydrogens is 246 g/mol. The van der Waals surface area contributed by atoms with Crippen LogP contribution in [0.2, 0.25) is 5.02 Å². The van der Waals surface area contributed by atoms with Crippen LogP contribution in [0, 0.1) is 6.92 Å². The van der Waals surface area contributed by atoms with E-state index in [1.165, 1.54) is 0 Å². The molecule has 5 nitrogen and oxygen atoms in total. The van der Waals surface area contributed by atoms with E-state index in [1.54, 1.807) is 18.2 Å². The molecule has 4 N–H and O–H groups in total. The Morgan fingerprint density at radius 1 is 1.53 bits per heavy atom. The van der Waals surface area contributed by atoms with E-state index in [2.05, 4.69) is 0 Å². The molecule has 0 aromatic heterocycles. The van der Waals surface area contributed by atoms with Crippen LogP contribution in [-0.4, -0.2) is 35.9 Å². The summed E-state index contributed by atoms with van der Waals surface area (Å²) in [5, 5.41) is 16.7. The Morgan fingerprint density at radius 2 is 2.12 bits per heavy atom. The molecule has 0 spiro atoms. The molecule has 0 saturated heterocycles. The summed E-state index contributed by atoms with van der Waals surface area (Å²) in [5.74, 6) is -0.443. The Labute approximate surface area is 105 Å². The Morgan fingerprint density at radius 3 is 2.53 bits per heavy atom. The quantitative estimate of drug-likeness (QED) is 0.753. The van der Waals surface area contributed by atoms with Crippen LogP contribution in [-0.2, 0) is 4.79 Å². The number of ether oxygens (including phenoxy) is 1. The summed E-state index contributed by atoms with van der Waals surface area (Å²) in [7, 11) is 0. The van der Waals surface area contributed by atoms with Crippen LogP contribution in [0.25, 0.3) is 0 Å². The number of halogens is 1. The van der Waals surface area contributed by atoms with E-state index >= 15 is 0 Å². The number of aryl methyl sites for hydroxylation is 1. The molecule has 0 heterocycles. The fourth-order valence-electron chi connectivity index (χ4n) is 0.914. The normalized spacial score (nSPS) is 9.18. The number of aliphatic carboxylic acids is 1. The van der Waals surface area contributed by atoms with Crippen molar-refractivity contribution in [3.05, 3.63) is 28.8 Å². The number of benzene rings is 1. The van der Waals surface area contributed by atoms with E-state index in [-0.39, 0.29) is 13.2 Å². The van der Waals surface area contributed by atoms with E-state index in [0.29, 0.717) is 17.3 Å². The van der Waals surface area contributed by atoms with Crippen molar-refractivity contribution in [1.29, 1.82) is 0 Å². The minimum Gasteiger partial charge on any atom is -0.482 e. The number of aliphatic hydroxyl groups excluding tert-OH is 1. The predicted molar refractivity (Wildman–Crippen MR) is 65.5 cm³/mol. The average Bonchev–Trinajstić information content (AvgIpc) is 2.28. The maximum absolute atomic E-state index is 10.2. The van der Waals surface area contributed by atoms with Gasteiger partial charge < -0.3 is 20.7 Å². The molecule has 0 unspecified atom stereocenters. The second-order valence-electron chi connectivity index (χ2n) is 3.10. The molecule has 96 valence electrons. The second-order valence-corrected chi connectivity index (χ2v) is 3.54. The Bertz CT molecular complexity index is 355. The summed E-state index contributed by atoms with van der Waals surface area (Å²) in [6, 6.07) is 5.03. The molecule has 0 aliphatic carbocycles. The molecule has 0 bridgehead atoms. The van der Waals surface area contributed by atoms with Gasteiger partial charge in [-0.1, -0.05) is 11.6 Å². The van der Waals surface area contributed by atoms with E-state index in [0.717, 1.165) is 5.56 Å². The Balaban J connectivity index is 0.000000557. The third-order valence-corrected chi connectivity index (χ3v) is 1.85. The molecule has 17 heavy (non-hydrogen) atoms. The first-order chi connectivity index (χ1) is 8.01. The van der Waals surface area contributed by atoms with Gasteiger partial charge in [-0.15, -0.1) is 0 Å². The van der Waals surface area contributed by atoms with Gasteiger partial charge in [-0.25, -0.2) is 4.79 Å². The van der Waals surface area contributed by atoms with Crippen LogP contribution >= 0.6 is 11.6 Å². The highest BCUT2D eigenvalue weighted by molar-refractivity contribution is 6.30.